The molecule has 0 spiro atoms. The molecule has 0 aromatic heterocycles. The predicted molar refractivity (Wildman–Crippen MR) is 161 cm³/mol. The van der Waals surface area contributed by atoms with Crippen LogP contribution in [0.25, 0.3) is 0 Å². The van der Waals surface area contributed by atoms with Crippen molar-refractivity contribution < 1.29 is 23.5 Å². The molecule has 4 aromatic rings. The number of carbonyl (C=O) groups is 2. The monoisotopic (exact) mass is 585 g/mol. The van der Waals surface area contributed by atoms with E-state index in [1.807, 2.05) is 84.9 Å². The van der Waals surface area contributed by atoms with Gasteiger partial charge in [0.05, 0.1) is 18.6 Å². The molecule has 1 fully saturated rings. The van der Waals surface area contributed by atoms with Gasteiger partial charge in [0.15, 0.2) is 5.78 Å². The Morgan fingerprint density at radius 3 is 2.12 bits per heavy atom. The summed E-state index contributed by atoms with van der Waals surface area (Å²) in [7, 11) is 0. The summed E-state index contributed by atoms with van der Waals surface area (Å²) in [5, 5.41) is 3.16. The number of amides is 1. The van der Waals surface area contributed by atoms with E-state index in [0.29, 0.717) is 18.6 Å². The quantitative estimate of drug-likeness (QED) is 0.186. The summed E-state index contributed by atoms with van der Waals surface area (Å²) in [6.07, 6.45) is 2.51. The highest BCUT2D eigenvalue weighted by Gasteiger charge is 2.46. The SMILES string of the molecule is O=C(Cc1ccc(Oc2ccccc2)cc1)C(COCc1ccccc1)NC(=O)C1(c2c(F)cccc2Cl)CCCC1. The molecule has 0 bridgehead atoms. The molecule has 1 amide bonds. The van der Waals surface area contributed by atoms with E-state index in [2.05, 4.69) is 5.32 Å². The zero-order valence-corrected chi connectivity index (χ0v) is 24.0. The number of carbonyl (C=O) groups excluding carboxylic acids is 2. The second kappa shape index (κ2) is 13.8. The molecule has 216 valence electrons. The minimum atomic E-state index is -1.14. The Hall–Kier alpha value is -4.00. The lowest BCUT2D eigenvalue weighted by Crippen LogP contribution is -2.52. The minimum Gasteiger partial charge on any atom is -0.457 e. The molecule has 4 aromatic carbocycles. The van der Waals surface area contributed by atoms with E-state index in [-0.39, 0.29) is 36.0 Å². The number of halogens is 2. The summed E-state index contributed by atoms with van der Waals surface area (Å²) in [5.41, 5.74) is 0.786. The van der Waals surface area contributed by atoms with E-state index >= 15 is 4.39 Å². The molecule has 0 heterocycles. The molecule has 5 rings (SSSR count). The third-order valence-corrected chi connectivity index (χ3v) is 8.02. The van der Waals surface area contributed by atoms with Crippen molar-refractivity contribution in [3.05, 3.63) is 131 Å². The molecule has 1 N–H and O–H groups in total. The fraction of sp³-hybridized carbons (Fsp3) is 0.257. The maximum atomic E-state index is 15.1. The van der Waals surface area contributed by atoms with Crippen LogP contribution in [0.15, 0.2) is 103 Å². The van der Waals surface area contributed by atoms with Crippen molar-refractivity contribution in [3.8, 4) is 11.5 Å². The Morgan fingerprint density at radius 2 is 1.45 bits per heavy atom. The Kier molecular flexibility index (Phi) is 9.67. The minimum absolute atomic E-state index is 0.0181. The molecule has 0 saturated heterocycles. The maximum absolute atomic E-state index is 15.1. The number of Topliss-reactive ketones (excluding diaryl/α,β-unsaturated/α-hetero) is 1. The van der Waals surface area contributed by atoms with Crippen molar-refractivity contribution in [1.29, 1.82) is 0 Å². The van der Waals surface area contributed by atoms with Crippen LogP contribution >= 0.6 is 11.6 Å². The number of hydrogen-bond acceptors (Lipinski definition) is 4. The first kappa shape index (κ1) is 29.5. The van der Waals surface area contributed by atoms with Crippen molar-refractivity contribution in [2.24, 2.45) is 0 Å². The summed E-state index contributed by atoms with van der Waals surface area (Å²) < 4.78 is 26.9. The third kappa shape index (κ3) is 7.07. The fourth-order valence-corrected chi connectivity index (χ4v) is 5.87. The van der Waals surface area contributed by atoms with Crippen LogP contribution in [0, 0.1) is 5.82 Å². The maximum Gasteiger partial charge on any atom is 0.231 e. The molecule has 0 aliphatic heterocycles. The highest BCUT2D eigenvalue weighted by atomic mass is 35.5. The second-order valence-corrected chi connectivity index (χ2v) is 11.0. The van der Waals surface area contributed by atoms with Crippen molar-refractivity contribution >= 4 is 23.3 Å². The number of hydrogen-bond donors (Lipinski definition) is 1. The van der Waals surface area contributed by atoms with Gasteiger partial charge >= 0.3 is 0 Å². The zero-order chi connectivity index (χ0) is 29.4. The molecule has 1 saturated carbocycles. The largest absolute Gasteiger partial charge is 0.457 e. The van der Waals surface area contributed by atoms with Crippen LogP contribution in [-0.2, 0) is 32.8 Å². The molecule has 7 heteroatoms. The second-order valence-electron chi connectivity index (χ2n) is 10.6. The highest BCUT2D eigenvalue weighted by Crippen LogP contribution is 2.45. The van der Waals surface area contributed by atoms with Crippen LogP contribution in [0.5, 0.6) is 11.5 Å². The lowest BCUT2D eigenvalue weighted by atomic mass is 9.77. The number of ether oxygens (including phenoxy) is 2. The smallest absolute Gasteiger partial charge is 0.231 e. The van der Waals surface area contributed by atoms with Gasteiger partial charge in [-0.2, -0.15) is 0 Å². The Bertz CT molecular complexity index is 1470. The lowest BCUT2D eigenvalue weighted by molar-refractivity contribution is -0.132. The summed E-state index contributed by atoms with van der Waals surface area (Å²) >= 11 is 6.44. The van der Waals surface area contributed by atoms with E-state index in [9.17, 15) is 9.59 Å². The fourth-order valence-electron chi connectivity index (χ4n) is 5.53. The third-order valence-electron chi connectivity index (χ3n) is 7.70. The van der Waals surface area contributed by atoms with Gasteiger partial charge in [-0.15, -0.1) is 0 Å². The van der Waals surface area contributed by atoms with Crippen LogP contribution < -0.4 is 10.1 Å². The van der Waals surface area contributed by atoms with E-state index < -0.39 is 23.2 Å². The van der Waals surface area contributed by atoms with Gasteiger partial charge in [-0.25, -0.2) is 4.39 Å². The summed E-state index contributed by atoms with van der Waals surface area (Å²) in [5.74, 6) is 0.246. The Morgan fingerprint density at radius 1 is 0.810 bits per heavy atom. The van der Waals surface area contributed by atoms with Gasteiger partial charge < -0.3 is 14.8 Å². The molecule has 42 heavy (non-hydrogen) atoms. The first-order valence-electron chi connectivity index (χ1n) is 14.2. The van der Waals surface area contributed by atoms with E-state index in [4.69, 9.17) is 21.1 Å². The average Bonchev–Trinajstić information content (AvgIpc) is 3.49. The number of nitrogens with one attached hydrogen (secondary N) is 1. The number of para-hydroxylation sites is 1. The van der Waals surface area contributed by atoms with Gasteiger partial charge in [-0.3, -0.25) is 9.59 Å². The molecule has 1 atom stereocenters. The molecular weight excluding hydrogens is 553 g/mol. The first-order valence-corrected chi connectivity index (χ1v) is 14.5. The van der Waals surface area contributed by atoms with Crippen molar-refractivity contribution in [2.45, 2.75) is 50.2 Å². The summed E-state index contributed by atoms with van der Waals surface area (Å²) in [6.45, 7) is 0.270. The lowest BCUT2D eigenvalue weighted by Gasteiger charge is -2.31. The molecule has 5 nitrogen and oxygen atoms in total. The summed E-state index contributed by atoms with van der Waals surface area (Å²) in [6, 6.07) is 29.9. The van der Waals surface area contributed by atoms with Crippen molar-refractivity contribution in [3.63, 3.8) is 0 Å². The molecule has 1 aliphatic carbocycles. The summed E-state index contributed by atoms with van der Waals surface area (Å²) in [4.78, 5) is 27.6. The van der Waals surface area contributed by atoms with Gasteiger partial charge in [0.1, 0.15) is 23.4 Å². The van der Waals surface area contributed by atoms with Crippen LogP contribution in [0.4, 0.5) is 4.39 Å². The van der Waals surface area contributed by atoms with Gasteiger partial charge in [0, 0.05) is 17.0 Å². The first-order chi connectivity index (χ1) is 20.4. The van der Waals surface area contributed by atoms with Crippen molar-refractivity contribution in [2.75, 3.05) is 6.61 Å². The zero-order valence-electron chi connectivity index (χ0n) is 23.2. The molecular formula is C35H33ClFNO4. The van der Waals surface area contributed by atoms with Crippen LogP contribution in [0.2, 0.25) is 5.02 Å². The van der Waals surface area contributed by atoms with E-state index in [0.717, 1.165) is 29.7 Å². The van der Waals surface area contributed by atoms with E-state index in [1.165, 1.54) is 12.1 Å². The van der Waals surface area contributed by atoms with Crippen LogP contribution in [0.1, 0.15) is 42.4 Å². The average molecular weight is 586 g/mol. The Balaban J connectivity index is 1.32. The van der Waals surface area contributed by atoms with E-state index in [1.54, 1.807) is 6.07 Å². The number of ketones is 1. The van der Waals surface area contributed by atoms with Gasteiger partial charge in [-0.1, -0.05) is 91.2 Å². The standard InChI is InChI=1S/C35H33ClFNO4/c36-29-14-9-15-30(37)33(29)35(20-7-8-21-35)34(40)38-31(24-41-23-26-10-3-1-4-11-26)32(39)22-25-16-18-28(19-17-25)42-27-12-5-2-6-13-27/h1-6,9-19,31H,7-8,20-24H2,(H,38,40). The van der Waals surface area contributed by atoms with Gasteiger partial charge in [0.2, 0.25) is 5.91 Å². The van der Waals surface area contributed by atoms with Crippen molar-refractivity contribution in [1.82, 2.24) is 5.32 Å². The number of rotatable bonds is 12. The normalized spacial score (nSPS) is 14.7. The Labute approximate surface area is 250 Å². The predicted octanol–water partition coefficient (Wildman–Crippen LogP) is 7.60. The number of benzene rings is 4. The van der Waals surface area contributed by atoms with Gasteiger partial charge in [-0.05, 0) is 60.4 Å². The molecule has 1 aliphatic rings. The van der Waals surface area contributed by atoms with Crippen LogP contribution in [-0.4, -0.2) is 24.3 Å². The molecule has 0 radical (unpaired) electrons. The molecule has 1 unspecified atom stereocenters. The van der Waals surface area contributed by atoms with Crippen LogP contribution in [0.3, 0.4) is 0 Å². The topological polar surface area (TPSA) is 64.6 Å². The van der Waals surface area contributed by atoms with Gasteiger partial charge in [0.25, 0.3) is 0 Å². The highest BCUT2D eigenvalue weighted by molar-refractivity contribution is 6.31.